The largest absolute Gasteiger partial charge is 0.416 e. The van der Waals surface area contributed by atoms with Crippen molar-refractivity contribution in [1.29, 1.82) is 0 Å². The Morgan fingerprint density at radius 3 is 2.67 bits per heavy atom. The molecule has 0 fully saturated rings. The first-order valence-corrected chi connectivity index (χ1v) is 6.36. The van der Waals surface area contributed by atoms with E-state index in [2.05, 4.69) is 5.10 Å². The Hall–Kier alpha value is -2.02. The maximum atomic E-state index is 12.7. The Balaban J connectivity index is 2.55. The highest BCUT2D eigenvalue weighted by Crippen LogP contribution is 2.32. The smallest absolute Gasteiger partial charge is 0.398 e. The van der Waals surface area contributed by atoms with Gasteiger partial charge < -0.3 is 5.73 Å². The van der Waals surface area contributed by atoms with Crippen molar-refractivity contribution < 1.29 is 18.0 Å². The number of nitrogens with zero attached hydrogens (tertiary/aromatic N) is 2. The minimum absolute atomic E-state index is 0.0187. The van der Waals surface area contributed by atoms with Gasteiger partial charge in [-0.05, 0) is 25.1 Å². The van der Waals surface area contributed by atoms with Crippen molar-refractivity contribution in [2.45, 2.75) is 19.6 Å². The van der Waals surface area contributed by atoms with Crippen molar-refractivity contribution in [3.8, 4) is 0 Å². The topological polar surface area (TPSA) is 60.9 Å². The Labute approximate surface area is 123 Å². The van der Waals surface area contributed by atoms with Crippen molar-refractivity contribution in [3.05, 3.63) is 46.2 Å². The van der Waals surface area contributed by atoms with Crippen LogP contribution in [0.5, 0.6) is 0 Å². The lowest BCUT2D eigenvalue weighted by molar-refractivity contribution is -0.137. The highest BCUT2D eigenvalue weighted by Gasteiger charge is 2.32. The summed E-state index contributed by atoms with van der Waals surface area (Å²) in [5, 5.41) is 3.95. The molecule has 4 nitrogen and oxygen atoms in total. The maximum Gasteiger partial charge on any atom is 0.416 e. The highest BCUT2D eigenvalue weighted by atomic mass is 35.5. The molecule has 2 N–H and O–H groups in total. The van der Waals surface area contributed by atoms with Crippen LogP contribution in [0.3, 0.4) is 0 Å². The fraction of sp³-hybridized carbons (Fsp3) is 0.231. The van der Waals surface area contributed by atoms with Gasteiger partial charge in [0.05, 0.1) is 16.8 Å². The molecular formula is C13H11ClF3N3O. The minimum atomic E-state index is -4.56. The first-order valence-electron chi connectivity index (χ1n) is 5.98. The number of hydrogen-bond donors (Lipinski definition) is 1. The average molecular weight is 318 g/mol. The zero-order chi connectivity index (χ0) is 15.8. The van der Waals surface area contributed by atoms with E-state index in [1.165, 1.54) is 10.9 Å². The molecule has 112 valence electrons. The molecule has 0 bridgehead atoms. The number of aryl methyl sites for hydroxylation is 1. The summed E-state index contributed by atoms with van der Waals surface area (Å²) in [5.74, 6) is -0.692. The summed E-state index contributed by atoms with van der Waals surface area (Å²) in [5.41, 5.74) is 4.40. The molecule has 0 unspecified atom stereocenters. The van der Waals surface area contributed by atoms with Crippen molar-refractivity contribution in [2.24, 2.45) is 0 Å². The fourth-order valence-corrected chi connectivity index (χ4v) is 2.11. The van der Waals surface area contributed by atoms with E-state index >= 15 is 0 Å². The van der Waals surface area contributed by atoms with E-state index in [4.69, 9.17) is 17.3 Å². The van der Waals surface area contributed by atoms with Crippen LogP contribution in [0.2, 0.25) is 5.02 Å². The number of ketones is 1. The molecule has 0 saturated heterocycles. The third-order valence-electron chi connectivity index (χ3n) is 2.93. The first kappa shape index (κ1) is 15.4. The van der Waals surface area contributed by atoms with E-state index in [9.17, 15) is 18.0 Å². The maximum absolute atomic E-state index is 12.7. The zero-order valence-corrected chi connectivity index (χ0v) is 11.7. The van der Waals surface area contributed by atoms with Gasteiger partial charge in [-0.3, -0.25) is 9.48 Å². The molecule has 1 heterocycles. The summed E-state index contributed by atoms with van der Waals surface area (Å²) in [4.78, 5) is 12.4. The molecule has 0 spiro atoms. The SMILES string of the molecule is CCn1ncc(Cl)c1C(=O)c1cc(C(F)(F)F)ccc1N. The zero-order valence-electron chi connectivity index (χ0n) is 10.9. The third kappa shape index (κ3) is 2.87. The van der Waals surface area contributed by atoms with Crippen molar-refractivity contribution in [2.75, 3.05) is 5.73 Å². The van der Waals surface area contributed by atoms with E-state index in [-0.39, 0.29) is 22.0 Å². The van der Waals surface area contributed by atoms with Gasteiger partial charge in [0.25, 0.3) is 0 Å². The molecule has 0 amide bonds. The number of halogens is 4. The number of hydrogen-bond acceptors (Lipinski definition) is 3. The predicted molar refractivity (Wildman–Crippen MR) is 72.2 cm³/mol. The summed E-state index contributed by atoms with van der Waals surface area (Å²) >= 11 is 5.88. The Morgan fingerprint density at radius 2 is 2.10 bits per heavy atom. The summed E-state index contributed by atoms with van der Waals surface area (Å²) in [6.07, 6.45) is -3.29. The van der Waals surface area contributed by atoms with Crippen molar-refractivity contribution in [1.82, 2.24) is 9.78 Å². The van der Waals surface area contributed by atoms with Gasteiger partial charge in [-0.25, -0.2) is 0 Å². The molecule has 2 aromatic rings. The van der Waals surface area contributed by atoms with Gasteiger partial charge in [0, 0.05) is 17.8 Å². The molecular weight excluding hydrogens is 307 g/mol. The number of carbonyl (C=O) groups is 1. The molecule has 1 aromatic carbocycles. The van der Waals surface area contributed by atoms with Gasteiger partial charge in [-0.1, -0.05) is 11.6 Å². The second-order valence-electron chi connectivity index (χ2n) is 4.29. The summed E-state index contributed by atoms with van der Waals surface area (Å²) in [6, 6.07) is 2.60. The molecule has 21 heavy (non-hydrogen) atoms. The van der Waals surface area contributed by atoms with E-state index in [0.29, 0.717) is 6.54 Å². The van der Waals surface area contributed by atoms with Crippen LogP contribution in [-0.4, -0.2) is 15.6 Å². The van der Waals surface area contributed by atoms with Gasteiger partial charge in [-0.15, -0.1) is 0 Å². The van der Waals surface area contributed by atoms with Crippen LogP contribution < -0.4 is 5.73 Å². The van der Waals surface area contributed by atoms with Crippen LogP contribution in [0.1, 0.15) is 28.5 Å². The molecule has 0 aliphatic rings. The second-order valence-corrected chi connectivity index (χ2v) is 4.69. The van der Waals surface area contributed by atoms with Gasteiger partial charge >= 0.3 is 6.18 Å². The van der Waals surface area contributed by atoms with E-state index in [0.717, 1.165) is 18.2 Å². The molecule has 0 aliphatic heterocycles. The monoisotopic (exact) mass is 317 g/mol. The lowest BCUT2D eigenvalue weighted by Gasteiger charge is -2.11. The number of anilines is 1. The number of carbonyl (C=O) groups excluding carboxylic acids is 1. The Kier molecular flexibility index (Phi) is 3.95. The van der Waals surface area contributed by atoms with Crippen LogP contribution >= 0.6 is 11.6 Å². The molecule has 2 rings (SSSR count). The van der Waals surface area contributed by atoms with E-state index in [1.54, 1.807) is 6.92 Å². The Morgan fingerprint density at radius 1 is 1.43 bits per heavy atom. The number of alkyl halides is 3. The number of nitrogen functional groups attached to an aromatic ring is 1. The van der Waals surface area contributed by atoms with Crippen molar-refractivity contribution >= 4 is 23.1 Å². The quantitative estimate of drug-likeness (QED) is 0.697. The minimum Gasteiger partial charge on any atom is -0.398 e. The molecule has 0 aliphatic carbocycles. The van der Waals surface area contributed by atoms with Crippen LogP contribution in [-0.2, 0) is 12.7 Å². The number of nitrogens with two attached hydrogens (primary N) is 1. The number of benzene rings is 1. The highest BCUT2D eigenvalue weighted by molar-refractivity contribution is 6.34. The fourth-order valence-electron chi connectivity index (χ4n) is 1.88. The van der Waals surface area contributed by atoms with Gasteiger partial charge in [0.1, 0.15) is 5.69 Å². The van der Waals surface area contributed by atoms with Gasteiger partial charge in [0.2, 0.25) is 5.78 Å². The Bertz CT molecular complexity index is 694. The van der Waals surface area contributed by atoms with Crippen molar-refractivity contribution in [3.63, 3.8) is 0 Å². The molecule has 0 saturated carbocycles. The average Bonchev–Trinajstić information content (AvgIpc) is 2.78. The summed E-state index contributed by atoms with van der Waals surface area (Å²) in [6.45, 7) is 2.09. The van der Waals surface area contributed by atoms with Gasteiger partial charge in [0.15, 0.2) is 0 Å². The van der Waals surface area contributed by atoms with E-state index < -0.39 is 17.5 Å². The van der Waals surface area contributed by atoms with Crippen LogP contribution in [0.15, 0.2) is 24.4 Å². The lowest BCUT2D eigenvalue weighted by atomic mass is 10.0. The summed E-state index contributed by atoms with van der Waals surface area (Å²) in [7, 11) is 0. The molecule has 0 atom stereocenters. The standard InChI is InChI=1S/C13H11ClF3N3O/c1-2-20-11(9(14)6-19-20)12(21)8-5-7(13(15,16)17)3-4-10(8)18/h3-6H,2,18H2,1H3. The number of rotatable bonds is 3. The lowest BCUT2D eigenvalue weighted by Crippen LogP contribution is -2.14. The first-order chi connectivity index (χ1) is 9.75. The molecule has 1 aromatic heterocycles. The molecule has 8 heteroatoms. The normalized spacial score (nSPS) is 11.7. The van der Waals surface area contributed by atoms with Gasteiger partial charge in [-0.2, -0.15) is 18.3 Å². The second kappa shape index (κ2) is 5.40. The van der Waals surface area contributed by atoms with E-state index in [1.807, 2.05) is 0 Å². The third-order valence-corrected chi connectivity index (χ3v) is 3.21. The van der Waals surface area contributed by atoms with Crippen LogP contribution in [0.4, 0.5) is 18.9 Å². The van der Waals surface area contributed by atoms with Crippen LogP contribution in [0.25, 0.3) is 0 Å². The number of aromatic nitrogens is 2. The van der Waals surface area contributed by atoms with Crippen LogP contribution in [0, 0.1) is 0 Å². The predicted octanol–water partition coefficient (Wildman–Crippen LogP) is 3.39. The molecule has 0 radical (unpaired) electrons. The summed E-state index contributed by atoms with van der Waals surface area (Å²) < 4.78 is 39.5.